The molecule has 4 nitrogen and oxygen atoms in total. The first kappa shape index (κ1) is 15.3. The number of amides is 1. The average molecular weight is 302 g/mol. The number of benzene rings is 1. The maximum absolute atomic E-state index is 12.2. The molecule has 1 aromatic carbocycles. The Morgan fingerprint density at radius 3 is 2.45 bits per heavy atom. The number of hydrogen-bond donors (Lipinski definition) is 0. The second-order valence-corrected chi connectivity index (χ2v) is 6.65. The number of likely N-dealkylation sites (tertiary alicyclic amines) is 2. The summed E-state index contributed by atoms with van der Waals surface area (Å²) >= 11 is 0. The predicted molar refractivity (Wildman–Crippen MR) is 86.6 cm³/mol. The molecule has 120 valence electrons. The highest BCUT2D eigenvalue weighted by molar-refractivity contribution is 5.67. The Labute approximate surface area is 133 Å². The van der Waals surface area contributed by atoms with E-state index in [-0.39, 0.29) is 6.09 Å². The minimum absolute atomic E-state index is 0.163. The lowest BCUT2D eigenvalue weighted by Gasteiger charge is -2.38. The highest BCUT2D eigenvalue weighted by Crippen LogP contribution is 2.40. The Morgan fingerprint density at radius 1 is 1.14 bits per heavy atom. The SMILES string of the molecule is CCN1CCC2(CCN(C(=O)OCc3ccccc3)CC2)C1. The second kappa shape index (κ2) is 6.69. The van der Waals surface area contributed by atoms with Crippen LogP contribution in [0.2, 0.25) is 0 Å². The number of ether oxygens (including phenoxy) is 1. The first-order valence-electron chi connectivity index (χ1n) is 8.39. The lowest BCUT2D eigenvalue weighted by atomic mass is 9.78. The van der Waals surface area contributed by atoms with Crippen LogP contribution in [0.4, 0.5) is 4.79 Å². The topological polar surface area (TPSA) is 32.8 Å². The van der Waals surface area contributed by atoms with Crippen molar-refractivity contribution in [1.82, 2.24) is 9.80 Å². The van der Waals surface area contributed by atoms with Gasteiger partial charge in [0.2, 0.25) is 0 Å². The van der Waals surface area contributed by atoms with Gasteiger partial charge in [-0.1, -0.05) is 37.3 Å². The molecular weight excluding hydrogens is 276 g/mol. The lowest BCUT2D eigenvalue weighted by Crippen LogP contribution is -2.44. The fourth-order valence-electron chi connectivity index (χ4n) is 3.68. The molecule has 0 saturated carbocycles. The van der Waals surface area contributed by atoms with Gasteiger partial charge in [-0.15, -0.1) is 0 Å². The van der Waals surface area contributed by atoms with E-state index < -0.39 is 0 Å². The van der Waals surface area contributed by atoms with Gasteiger partial charge < -0.3 is 14.5 Å². The van der Waals surface area contributed by atoms with Crippen LogP contribution in [0.25, 0.3) is 0 Å². The summed E-state index contributed by atoms with van der Waals surface area (Å²) in [6.45, 7) is 7.84. The zero-order chi connectivity index (χ0) is 15.4. The van der Waals surface area contributed by atoms with Crippen LogP contribution in [0, 0.1) is 5.41 Å². The normalized spacial score (nSPS) is 21.2. The molecule has 1 aromatic rings. The van der Waals surface area contributed by atoms with Crippen LogP contribution in [-0.2, 0) is 11.3 Å². The first-order valence-corrected chi connectivity index (χ1v) is 8.39. The molecule has 1 spiro atoms. The molecule has 2 aliphatic heterocycles. The number of hydrogen-bond acceptors (Lipinski definition) is 3. The molecule has 1 amide bonds. The summed E-state index contributed by atoms with van der Waals surface area (Å²) in [6.07, 6.45) is 3.35. The third-order valence-corrected chi connectivity index (χ3v) is 5.25. The molecule has 0 radical (unpaired) electrons. The van der Waals surface area contributed by atoms with Crippen molar-refractivity contribution in [2.45, 2.75) is 32.8 Å². The van der Waals surface area contributed by atoms with E-state index in [0.29, 0.717) is 12.0 Å². The van der Waals surface area contributed by atoms with Gasteiger partial charge in [-0.25, -0.2) is 4.79 Å². The van der Waals surface area contributed by atoms with E-state index in [1.165, 1.54) is 19.5 Å². The van der Waals surface area contributed by atoms with E-state index >= 15 is 0 Å². The van der Waals surface area contributed by atoms with E-state index in [4.69, 9.17) is 4.74 Å². The second-order valence-electron chi connectivity index (χ2n) is 6.65. The standard InChI is InChI=1S/C18H26N2O2/c1-2-19-11-8-18(15-19)9-12-20(13-10-18)17(21)22-14-16-6-4-3-5-7-16/h3-7H,2,8-15H2,1H3. The number of piperidine rings is 1. The van der Waals surface area contributed by atoms with Gasteiger partial charge in [0.25, 0.3) is 0 Å². The Hall–Kier alpha value is -1.55. The molecule has 4 heteroatoms. The molecule has 2 saturated heterocycles. The Bertz CT molecular complexity index is 495. The zero-order valence-corrected chi connectivity index (χ0v) is 13.5. The maximum atomic E-state index is 12.2. The Morgan fingerprint density at radius 2 is 1.82 bits per heavy atom. The molecule has 0 aromatic heterocycles. The number of carbonyl (C=O) groups is 1. The van der Waals surface area contributed by atoms with Gasteiger partial charge in [-0.3, -0.25) is 0 Å². The van der Waals surface area contributed by atoms with E-state index in [0.717, 1.165) is 38.0 Å². The fourth-order valence-corrected chi connectivity index (χ4v) is 3.68. The van der Waals surface area contributed by atoms with Crippen molar-refractivity contribution in [3.63, 3.8) is 0 Å². The minimum Gasteiger partial charge on any atom is -0.445 e. The Kier molecular flexibility index (Phi) is 4.67. The van der Waals surface area contributed by atoms with Gasteiger partial charge in [0, 0.05) is 19.6 Å². The first-order chi connectivity index (χ1) is 10.7. The van der Waals surface area contributed by atoms with Gasteiger partial charge in [0.15, 0.2) is 0 Å². The number of carbonyl (C=O) groups excluding carboxylic acids is 1. The molecule has 3 rings (SSSR count). The van der Waals surface area contributed by atoms with E-state index in [9.17, 15) is 4.79 Å². The summed E-state index contributed by atoms with van der Waals surface area (Å²) in [5.41, 5.74) is 1.49. The molecule has 0 atom stereocenters. The van der Waals surface area contributed by atoms with Gasteiger partial charge in [0.1, 0.15) is 6.61 Å². The summed E-state index contributed by atoms with van der Waals surface area (Å²) < 4.78 is 5.44. The molecular formula is C18H26N2O2. The van der Waals surface area contributed by atoms with Crippen molar-refractivity contribution in [2.24, 2.45) is 5.41 Å². The molecule has 0 aliphatic carbocycles. The smallest absolute Gasteiger partial charge is 0.410 e. The maximum Gasteiger partial charge on any atom is 0.410 e. The van der Waals surface area contributed by atoms with Gasteiger partial charge >= 0.3 is 6.09 Å². The largest absolute Gasteiger partial charge is 0.445 e. The fraction of sp³-hybridized carbons (Fsp3) is 0.611. The number of nitrogens with zero attached hydrogens (tertiary/aromatic N) is 2. The third-order valence-electron chi connectivity index (χ3n) is 5.25. The molecule has 0 bridgehead atoms. The lowest BCUT2D eigenvalue weighted by molar-refractivity contribution is 0.0633. The van der Waals surface area contributed by atoms with Crippen LogP contribution >= 0.6 is 0 Å². The molecule has 2 heterocycles. The van der Waals surface area contributed by atoms with Gasteiger partial charge in [-0.2, -0.15) is 0 Å². The van der Waals surface area contributed by atoms with Crippen molar-refractivity contribution in [3.8, 4) is 0 Å². The third kappa shape index (κ3) is 3.43. The van der Waals surface area contributed by atoms with Crippen LogP contribution < -0.4 is 0 Å². The van der Waals surface area contributed by atoms with E-state index in [2.05, 4.69) is 11.8 Å². The van der Waals surface area contributed by atoms with Crippen molar-refractivity contribution in [1.29, 1.82) is 0 Å². The Balaban J connectivity index is 1.46. The van der Waals surface area contributed by atoms with Crippen molar-refractivity contribution >= 4 is 6.09 Å². The van der Waals surface area contributed by atoms with Crippen LogP contribution in [0.3, 0.4) is 0 Å². The molecule has 22 heavy (non-hydrogen) atoms. The van der Waals surface area contributed by atoms with Crippen LogP contribution in [0.1, 0.15) is 31.7 Å². The average Bonchev–Trinajstić information content (AvgIpc) is 2.97. The van der Waals surface area contributed by atoms with Crippen molar-refractivity contribution in [2.75, 3.05) is 32.7 Å². The van der Waals surface area contributed by atoms with Crippen LogP contribution in [-0.4, -0.2) is 48.6 Å². The summed E-state index contributed by atoms with van der Waals surface area (Å²) in [5, 5.41) is 0. The summed E-state index contributed by atoms with van der Waals surface area (Å²) in [7, 11) is 0. The predicted octanol–water partition coefficient (Wildman–Crippen LogP) is 3.13. The number of rotatable bonds is 3. The van der Waals surface area contributed by atoms with E-state index in [1.54, 1.807) is 0 Å². The highest BCUT2D eigenvalue weighted by atomic mass is 16.6. The van der Waals surface area contributed by atoms with Crippen LogP contribution in [0.15, 0.2) is 30.3 Å². The molecule has 0 unspecified atom stereocenters. The van der Waals surface area contributed by atoms with Crippen molar-refractivity contribution < 1.29 is 9.53 Å². The highest BCUT2D eigenvalue weighted by Gasteiger charge is 2.41. The summed E-state index contributed by atoms with van der Waals surface area (Å²) in [5.74, 6) is 0. The van der Waals surface area contributed by atoms with Gasteiger partial charge in [-0.05, 0) is 43.3 Å². The summed E-state index contributed by atoms with van der Waals surface area (Å²) in [4.78, 5) is 16.6. The van der Waals surface area contributed by atoms with Crippen molar-refractivity contribution in [3.05, 3.63) is 35.9 Å². The molecule has 2 aliphatic rings. The quantitative estimate of drug-likeness (QED) is 0.860. The van der Waals surface area contributed by atoms with E-state index in [1.807, 2.05) is 35.2 Å². The molecule has 0 N–H and O–H groups in total. The van der Waals surface area contributed by atoms with Crippen LogP contribution in [0.5, 0.6) is 0 Å². The minimum atomic E-state index is -0.163. The van der Waals surface area contributed by atoms with Gasteiger partial charge in [0.05, 0.1) is 0 Å². The monoisotopic (exact) mass is 302 g/mol. The molecule has 2 fully saturated rings. The summed E-state index contributed by atoms with van der Waals surface area (Å²) in [6, 6.07) is 9.87. The zero-order valence-electron chi connectivity index (χ0n) is 13.5.